The van der Waals surface area contributed by atoms with Gasteiger partial charge in [-0.15, -0.1) is 0 Å². The maximum atomic E-state index is 13.9. The molecule has 15 heteroatoms. The number of methoxy groups -OCH3 is 1. The van der Waals surface area contributed by atoms with Crippen molar-refractivity contribution >= 4 is 35.5 Å². The molecule has 2 aromatic carbocycles. The van der Waals surface area contributed by atoms with Crippen LogP contribution in [0.1, 0.15) is 83.9 Å². The van der Waals surface area contributed by atoms with Gasteiger partial charge in [0.05, 0.1) is 31.8 Å². The molecule has 3 aromatic heterocycles. The van der Waals surface area contributed by atoms with E-state index in [2.05, 4.69) is 35.1 Å². The topological polar surface area (TPSA) is 180 Å². The number of aromatic amines is 2. The van der Waals surface area contributed by atoms with E-state index in [4.69, 9.17) is 14.6 Å². The highest BCUT2D eigenvalue weighted by Crippen LogP contribution is 2.36. The maximum Gasteiger partial charge on any atom is 0.407 e. The Bertz CT molecular complexity index is 2070. The Balaban J connectivity index is 1.05. The number of carbonyl (C=O) groups is 3. The number of alkyl carbamates (subject to hydrolysis) is 1. The molecule has 2 saturated heterocycles. The van der Waals surface area contributed by atoms with Crippen LogP contribution in [0.25, 0.3) is 11.2 Å². The van der Waals surface area contributed by atoms with Crippen LogP contribution in [-0.4, -0.2) is 86.3 Å². The van der Waals surface area contributed by atoms with Crippen molar-refractivity contribution in [3.05, 3.63) is 113 Å². The summed E-state index contributed by atoms with van der Waals surface area (Å²) >= 11 is 0. The molecule has 2 fully saturated rings. The zero-order chi connectivity index (χ0) is 36.7. The Morgan fingerprint density at radius 2 is 1.57 bits per heavy atom. The lowest BCUT2D eigenvalue weighted by atomic mass is 10.1. The molecule has 3 amide bonds. The first kappa shape index (κ1) is 35.3. The highest BCUT2D eigenvalue weighted by atomic mass is 17.2. The fourth-order valence-electron chi connectivity index (χ4n) is 7.19. The number of likely N-dealkylation sites (tertiary alicyclic amines) is 2. The van der Waals surface area contributed by atoms with Gasteiger partial charge in [-0.2, -0.15) is 4.89 Å². The molecule has 2 aliphatic heterocycles. The molecule has 5 aromatic rings. The molecule has 274 valence electrons. The van der Waals surface area contributed by atoms with Crippen molar-refractivity contribution in [1.82, 2.24) is 40.0 Å². The molecular formula is C38H41N9O6. The lowest BCUT2D eigenvalue weighted by Gasteiger charge is -2.28. The largest absolute Gasteiger partial charge is 0.453 e. The number of rotatable bonds is 12. The first-order valence-corrected chi connectivity index (χ1v) is 17.6. The number of fused-ring (bicyclic) bond motifs is 1. The van der Waals surface area contributed by atoms with Crippen molar-refractivity contribution in [2.24, 2.45) is 4.99 Å². The normalized spacial score (nSPS) is 18.4. The Hall–Kier alpha value is -6.09. The summed E-state index contributed by atoms with van der Waals surface area (Å²) in [6.07, 6.45) is 7.68. The fourth-order valence-corrected chi connectivity index (χ4v) is 7.19. The lowest BCUT2D eigenvalue weighted by Crippen LogP contribution is -2.42. The second kappa shape index (κ2) is 16.1. The Morgan fingerprint density at radius 3 is 2.26 bits per heavy atom. The predicted octanol–water partition coefficient (Wildman–Crippen LogP) is 5.04. The van der Waals surface area contributed by atoms with Gasteiger partial charge in [0, 0.05) is 37.6 Å². The van der Waals surface area contributed by atoms with E-state index in [1.54, 1.807) is 17.3 Å². The van der Waals surface area contributed by atoms with Crippen LogP contribution in [0.15, 0.2) is 84.1 Å². The molecule has 4 atom stereocenters. The number of pyridine rings is 1. The Kier molecular flexibility index (Phi) is 10.7. The minimum atomic E-state index is -0.889. The number of benzene rings is 2. The average Bonchev–Trinajstić information content (AvgIpc) is 4.02. The van der Waals surface area contributed by atoms with Crippen LogP contribution >= 0.6 is 0 Å². The van der Waals surface area contributed by atoms with E-state index >= 15 is 0 Å². The van der Waals surface area contributed by atoms with Gasteiger partial charge >= 0.3 is 6.09 Å². The van der Waals surface area contributed by atoms with Crippen molar-refractivity contribution in [1.29, 1.82) is 0 Å². The van der Waals surface area contributed by atoms with E-state index in [0.717, 1.165) is 54.4 Å². The standard InChI is InChI=1S/C38H41N9O6/c1-51-38(50)44-32(26-13-7-4-8-14-26)37(49)46-17-9-15-29(46)34-40-22-27(42-34)19-24-20-28-33(39-21-24)45-35(43-28)30-16-10-18-47(30)36(48)31(41-23-53-52-2)25-11-5-3-6-12-25/h3-8,11-14,20-23,29-32H,9-10,15-19H2,1-2H3,(H,40,42)(H,44,50)(H,39,43,45)/t29-,30-,31-,32+/m0/s1. The summed E-state index contributed by atoms with van der Waals surface area (Å²) in [5, 5.41) is 2.70. The molecule has 0 saturated carbocycles. The van der Waals surface area contributed by atoms with E-state index in [0.29, 0.717) is 42.4 Å². The summed E-state index contributed by atoms with van der Waals surface area (Å²) < 4.78 is 4.82. The number of amides is 3. The van der Waals surface area contributed by atoms with E-state index in [-0.39, 0.29) is 23.9 Å². The third kappa shape index (κ3) is 7.74. The molecule has 0 aliphatic carbocycles. The molecule has 15 nitrogen and oxygen atoms in total. The van der Waals surface area contributed by atoms with Gasteiger partial charge in [-0.25, -0.2) is 24.7 Å². The second-order valence-electron chi connectivity index (χ2n) is 13.0. The number of imidazole rings is 2. The summed E-state index contributed by atoms with van der Waals surface area (Å²) in [4.78, 5) is 78.4. The summed E-state index contributed by atoms with van der Waals surface area (Å²) in [5.74, 6) is 0.977. The summed E-state index contributed by atoms with van der Waals surface area (Å²) in [6, 6.07) is 18.3. The third-order valence-electron chi connectivity index (χ3n) is 9.68. The Morgan fingerprint density at radius 1 is 0.887 bits per heavy atom. The van der Waals surface area contributed by atoms with Crippen LogP contribution in [0.2, 0.25) is 0 Å². The van der Waals surface area contributed by atoms with E-state index in [9.17, 15) is 14.4 Å². The predicted molar refractivity (Wildman–Crippen MR) is 193 cm³/mol. The number of hydrogen-bond acceptors (Lipinski definition) is 10. The van der Waals surface area contributed by atoms with Crippen molar-refractivity contribution in [2.45, 2.75) is 56.3 Å². The molecule has 0 radical (unpaired) electrons. The van der Waals surface area contributed by atoms with Gasteiger partial charge in [-0.3, -0.25) is 9.59 Å². The summed E-state index contributed by atoms with van der Waals surface area (Å²) in [5.41, 5.74) is 4.55. The van der Waals surface area contributed by atoms with E-state index in [1.807, 2.05) is 71.6 Å². The molecule has 7 rings (SSSR count). The van der Waals surface area contributed by atoms with Crippen molar-refractivity contribution in [3.63, 3.8) is 0 Å². The quantitative estimate of drug-likeness (QED) is 0.0689. The number of nitrogens with zero attached hydrogens (tertiary/aromatic N) is 6. The first-order valence-electron chi connectivity index (χ1n) is 17.6. The molecule has 2 aliphatic rings. The van der Waals surface area contributed by atoms with Crippen molar-refractivity contribution < 1.29 is 28.9 Å². The third-order valence-corrected chi connectivity index (χ3v) is 9.68. The van der Waals surface area contributed by atoms with Gasteiger partial charge in [-0.05, 0) is 48.4 Å². The van der Waals surface area contributed by atoms with Crippen LogP contribution in [0.3, 0.4) is 0 Å². The molecular weight excluding hydrogens is 678 g/mol. The number of H-pyrrole nitrogens is 2. The first-order chi connectivity index (χ1) is 25.9. The monoisotopic (exact) mass is 719 g/mol. The van der Waals surface area contributed by atoms with Gasteiger partial charge in [0.25, 0.3) is 11.8 Å². The molecule has 0 unspecified atom stereocenters. The van der Waals surface area contributed by atoms with Crippen LogP contribution in [0, 0.1) is 0 Å². The number of ether oxygens (including phenoxy) is 1. The lowest BCUT2D eigenvalue weighted by molar-refractivity contribution is -0.188. The van der Waals surface area contributed by atoms with Crippen molar-refractivity contribution in [3.8, 4) is 0 Å². The fraction of sp³-hybridized carbons (Fsp3) is 0.342. The molecule has 5 heterocycles. The number of carbonyl (C=O) groups excluding carboxylic acids is 3. The summed E-state index contributed by atoms with van der Waals surface area (Å²) in [6.45, 7) is 1.12. The minimum absolute atomic E-state index is 0.156. The van der Waals surface area contributed by atoms with Crippen molar-refractivity contribution in [2.75, 3.05) is 27.3 Å². The molecule has 53 heavy (non-hydrogen) atoms. The zero-order valence-corrected chi connectivity index (χ0v) is 29.5. The van der Waals surface area contributed by atoms with E-state index in [1.165, 1.54) is 14.2 Å². The van der Waals surface area contributed by atoms with E-state index < -0.39 is 18.2 Å². The number of aliphatic imine (C=N–C) groups is 1. The van der Waals surface area contributed by atoms with Gasteiger partial charge < -0.3 is 34.7 Å². The maximum absolute atomic E-state index is 13.9. The zero-order valence-electron chi connectivity index (χ0n) is 29.5. The molecule has 0 bridgehead atoms. The van der Waals surface area contributed by atoms with Gasteiger partial charge in [0.15, 0.2) is 11.7 Å². The minimum Gasteiger partial charge on any atom is -0.453 e. The smallest absolute Gasteiger partial charge is 0.407 e. The van der Waals surface area contributed by atoms with Gasteiger partial charge in [-0.1, -0.05) is 60.7 Å². The molecule has 0 spiro atoms. The van der Waals surface area contributed by atoms with Gasteiger partial charge in [0.1, 0.15) is 17.7 Å². The summed E-state index contributed by atoms with van der Waals surface area (Å²) in [7, 11) is 2.65. The number of aromatic nitrogens is 5. The Labute approximate surface area is 305 Å². The average molecular weight is 720 g/mol. The molecule has 3 N–H and O–H groups in total. The van der Waals surface area contributed by atoms with Gasteiger partial charge in [0.2, 0.25) is 6.40 Å². The number of hydrogen-bond donors (Lipinski definition) is 3. The number of nitrogens with one attached hydrogen (secondary N) is 3. The second-order valence-corrected chi connectivity index (χ2v) is 13.0. The van der Waals surface area contributed by atoms with Crippen LogP contribution in [0.5, 0.6) is 0 Å². The highest BCUT2D eigenvalue weighted by Gasteiger charge is 2.38. The SMILES string of the molecule is COOC=N[C@H](C(=O)N1CCC[C@H]1c1nc2ncc(Cc3cnc([C@@H]4CCCN4C(=O)[C@H](NC(=O)OC)c4ccccc4)[nH]3)cc2[nH]1)c1ccccc1. The van der Waals surface area contributed by atoms with Crippen LogP contribution in [0.4, 0.5) is 4.79 Å². The van der Waals surface area contributed by atoms with Crippen LogP contribution < -0.4 is 5.32 Å². The van der Waals surface area contributed by atoms with Crippen LogP contribution in [-0.2, 0) is 30.5 Å². The highest BCUT2D eigenvalue weighted by molar-refractivity contribution is 5.87.